The Morgan fingerprint density at radius 1 is 1.32 bits per heavy atom. The average Bonchev–Trinajstić information content (AvgIpc) is 2.39. The van der Waals surface area contributed by atoms with Gasteiger partial charge in [-0.2, -0.15) is 0 Å². The van der Waals surface area contributed by atoms with Crippen molar-refractivity contribution in [1.29, 1.82) is 0 Å². The van der Waals surface area contributed by atoms with Crippen LogP contribution in [0.5, 0.6) is 5.75 Å². The molecule has 19 heavy (non-hydrogen) atoms. The summed E-state index contributed by atoms with van der Waals surface area (Å²) < 4.78 is 19.8. The fraction of sp³-hybridized carbons (Fsp3) is 0.214. The first-order valence-corrected chi connectivity index (χ1v) is 6.53. The van der Waals surface area contributed by atoms with Gasteiger partial charge in [-0.3, -0.25) is 4.98 Å². The molecule has 5 heteroatoms. The minimum absolute atomic E-state index is 0.0941. The maximum atomic E-state index is 13.6. The quantitative estimate of drug-likeness (QED) is 0.937. The van der Waals surface area contributed by atoms with Gasteiger partial charge in [0.05, 0.1) is 6.61 Å². The smallest absolute Gasteiger partial charge is 0.143 e. The average molecular weight is 326 g/mol. The Hall–Kier alpha value is -1.46. The van der Waals surface area contributed by atoms with Crippen LogP contribution in [0.4, 0.5) is 4.39 Å². The summed E-state index contributed by atoms with van der Waals surface area (Å²) in [7, 11) is 0. The van der Waals surface area contributed by atoms with Crippen molar-refractivity contribution in [3.05, 3.63) is 57.6 Å². The van der Waals surface area contributed by atoms with Gasteiger partial charge in [0.2, 0.25) is 0 Å². The first-order chi connectivity index (χ1) is 9.10. The van der Waals surface area contributed by atoms with E-state index in [1.807, 2.05) is 6.92 Å². The van der Waals surface area contributed by atoms with Gasteiger partial charge in [0.25, 0.3) is 0 Å². The van der Waals surface area contributed by atoms with Crippen molar-refractivity contribution >= 4 is 15.9 Å². The van der Waals surface area contributed by atoms with Crippen LogP contribution in [0.3, 0.4) is 0 Å². The molecule has 0 amide bonds. The van der Waals surface area contributed by atoms with Crippen LogP contribution in [0.2, 0.25) is 0 Å². The van der Waals surface area contributed by atoms with Gasteiger partial charge < -0.3 is 9.84 Å². The van der Waals surface area contributed by atoms with Crippen LogP contribution in [-0.2, 0) is 13.2 Å². The third kappa shape index (κ3) is 3.52. The maximum Gasteiger partial charge on any atom is 0.143 e. The van der Waals surface area contributed by atoms with Crippen molar-refractivity contribution < 1.29 is 14.2 Å². The first kappa shape index (κ1) is 14.0. The number of hydrogen-bond acceptors (Lipinski definition) is 3. The van der Waals surface area contributed by atoms with Crippen molar-refractivity contribution in [2.75, 3.05) is 0 Å². The van der Waals surface area contributed by atoms with Gasteiger partial charge in [-0.25, -0.2) is 4.39 Å². The van der Waals surface area contributed by atoms with Crippen molar-refractivity contribution in [2.24, 2.45) is 0 Å². The number of hydrogen-bond donors (Lipinski definition) is 1. The van der Waals surface area contributed by atoms with E-state index in [1.54, 1.807) is 24.3 Å². The van der Waals surface area contributed by atoms with Crippen LogP contribution in [0.25, 0.3) is 0 Å². The van der Waals surface area contributed by atoms with E-state index in [1.165, 1.54) is 6.07 Å². The van der Waals surface area contributed by atoms with E-state index in [9.17, 15) is 9.50 Å². The number of aromatic nitrogens is 1. The van der Waals surface area contributed by atoms with Crippen LogP contribution >= 0.6 is 15.9 Å². The van der Waals surface area contributed by atoms with Crippen LogP contribution in [0.1, 0.15) is 17.0 Å². The molecule has 1 aromatic heterocycles. The van der Waals surface area contributed by atoms with E-state index in [-0.39, 0.29) is 19.0 Å². The molecular weight excluding hydrogens is 313 g/mol. The van der Waals surface area contributed by atoms with Gasteiger partial charge in [-0.1, -0.05) is 22.0 Å². The summed E-state index contributed by atoms with van der Waals surface area (Å²) in [5.41, 5.74) is 1.71. The molecule has 0 spiro atoms. The zero-order valence-electron chi connectivity index (χ0n) is 10.4. The Morgan fingerprint density at radius 3 is 2.79 bits per heavy atom. The molecule has 1 heterocycles. The number of benzene rings is 1. The Kier molecular flexibility index (Phi) is 4.50. The molecule has 0 aliphatic carbocycles. The number of pyridine rings is 1. The minimum atomic E-state index is -0.333. The molecule has 0 aliphatic rings. The Bertz CT molecular complexity index is 590. The van der Waals surface area contributed by atoms with E-state index in [4.69, 9.17) is 4.74 Å². The van der Waals surface area contributed by atoms with Gasteiger partial charge in [0.1, 0.15) is 23.9 Å². The monoisotopic (exact) mass is 325 g/mol. The SMILES string of the molecule is Cc1ccc(OCc2ccc(Br)cc2F)c(CO)n1. The number of halogens is 2. The minimum Gasteiger partial charge on any atom is -0.487 e. The predicted molar refractivity (Wildman–Crippen MR) is 73.3 cm³/mol. The zero-order chi connectivity index (χ0) is 13.8. The number of aliphatic hydroxyl groups is 1. The summed E-state index contributed by atoms with van der Waals surface area (Å²) in [6.07, 6.45) is 0. The standard InChI is InChI=1S/C14H13BrFNO2/c1-9-2-5-14(13(7-18)17-9)19-8-10-3-4-11(15)6-12(10)16/h2-6,18H,7-8H2,1H3. The van der Waals surface area contributed by atoms with Crippen LogP contribution in [0, 0.1) is 12.7 Å². The highest BCUT2D eigenvalue weighted by Crippen LogP contribution is 2.20. The highest BCUT2D eigenvalue weighted by atomic mass is 79.9. The van der Waals surface area contributed by atoms with E-state index in [0.717, 1.165) is 5.69 Å². The second-order valence-electron chi connectivity index (χ2n) is 4.08. The number of nitrogens with zero attached hydrogens (tertiary/aromatic N) is 1. The molecule has 1 N–H and O–H groups in total. The molecule has 0 fully saturated rings. The summed E-state index contributed by atoms with van der Waals surface area (Å²) in [6.45, 7) is 1.72. The highest BCUT2D eigenvalue weighted by Gasteiger charge is 2.08. The summed E-state index contributed by atoms with van der Waals surface area (Å²) >= 11 is 3.20. The molecule has 1 aromatic carbocycles. The topological polar surface area (TPSA) is 42.4 Å². The Balaban J connectivity index is 2.14. The summed E-state index contributed by atoms with van der Waals surface area (Å²) in [4.78, 5) is 4.16. The molecule has 0 saturated heterocycles. The second-order valence-corrected chi connectivity index (χ2v) is 5.00. The molecule has 2 rings (SSSR count). The fourth-order valence-electron chi connectivity index (χ4n) is 1.64. The molecule has 0 bridgehead atoms. The van der Waals surface area contributed by atoms with Gasteiger partial charge in [-0.05, 0) is 31.2 Å². The van der Waals surface area contributed by atoms with Crippen molar-refractivity contribution in [2.45, 2.75) is 20.1 Å². The summed E-state index contributed by atoms with van der Waals surface area (Å²) in [5.74, 6) is 0.135. The molecule has 0 saturated carbocycles. The van der Waals surface area contributed by atoms with E-state index in [2.05, 4.69) is 20.9 Å². The molecule has 0 aliphatic heterocycles. The van der Waals surface area contributed by atoms with Gasteiger partial charge in [-0.15, -0.1) is 0 Å². The number of aliphatic hydroxyl groups excluding tert-OH is 1. The third-order valence-corrected chi connectivity index (χ3v) is 3.11. The molecule has 2 aromatic rings. The lowest BCUT2D eigenvalue weighted by Crippen LogP contribution is -2.03. The molecule has 0 radical (unpaired) electrons. The summed E-state index contributed by atoms with van der Waals surface area (Å²) in [6, 6.07) is 8.30. The number of ether oxygens (including phenoxy) is 1. The van der Waals surface area contributed by atoms with Gasteiger partial charge in [0, 0.05) is 15.7 Å². The van der Waals surface area contributed by atoms with Crippen LogP contribution in [-0.4, -0.2) is 10.1 Å². The van der Waals surface area contributed by atoms with Crippen molar-refractivity contribution in [3.8, 4) is 5.75 Å². The number of aryl methyl sites for hydroxylation is 1. The largest absolute Gasteiger partial charge is 0.487 e. The van der Waals surface area contributed by atoms with E-state index >= 15 is 0 Å². The molecular formula is C14H13BrFNO2. The van der Waals surface area contributed by atoms with Gasteiger partial charge in [0.15, 0.2) is 0 Å². The maximum absolute atomic E-state index is 13.6. The van der Waals surface area contributed by atoms with Crippen molar-refractivity contribution in [1.82, 2.24) is 4.98 Å². The van der Waals surface area contributed by atoms with Crippen molar-refractivity contribution in [3.63, 3.8) is 0 Å². The zero-order valence-corrected chi connectivity index (χ0v) is 11.9. The van der Waals surface area contributed by atoms with Crippen LogP contribution in [0.15, 0.2) is 34.8 Å². The Morgan fingerprint density at radius 2 is 2.11 bits per heavy atom. The number of rotatable bonds is 4. The lowest BCUT2D eigenvalue weighted by molar-refractivity contribution is 0.251. The summed E-state index contributed by atoms with van der Waals surface area (Å²) in [5, 5.41) is 9.21. The predicted octanol–water partition coefficient (Wildman–Crippen LogP) is 3.36. The fourth-order valence-corrected chi connectivity index (χ4v) is 1.97. The first-order valence-electron chi connectivity index (χ1n) is 5.74. The normalized spacial score (nSPS) is 10.5. The highest BCUT2D eigenvalue weighted by molar-refractivity contribution is 9.10. The lowest BCUT2D eigenvalue weighted by Gasteiger charge is -2.10. The third-order valence-electron chi connectivity index (χ3n) is 2.62. The molecule has 100 valence electrons. The van der Waals surface area contributed by atoms with Crippen LogP contribution < -0.4 is 4.74 Å². The second kappa shape index (κ2) is 6.12. The van der Waals surface area contributed by atoms with E-state index < -0.39 is 0 Å². The molecule has 0 atom stereocenters. The lowest BCUT2D eigenvalue weighted by atomic mass is 10.2. The van der Waals surface area contributed by atoms with E-state index in [0.29, 0.717) is 21.5 Å². The molecule has 3 nitrogen and oxygen atoms in total. The Labute approximate surface area is 119 Å². The molecule has 0 unspecified atom stereocenters. The van der Waals surface area contributed by atoms with Gasteiger partial charge >= 0.3 is 0 Å².